The first-order chi connectivity index (χ1) is 14.7. The molecule has 166 valence electrons. The van der Waals surface area contributed by atoms with Gasteiger partial charge in [0.05, 0.1) is 12.6 Å². The van der Waals surface area contributed by atoms with Gasteiger partial charge in [-0.2, -0.15) is 0 Å². The van der Waals surface area contributed by atoms with Gasteiger partial charge >= 0.3 is 6.09 Å². The lowest BCUT2D eigenvalue weighted by atomic mass is 10.0. The maximum absolute atomic E-state index is 13.9. The molecule has 1 aliphatic rings. The molecule has 31 heavy (non-hydrogen) atoms. The van der Waals surface area contributed by atoms with Crippen molar-refractivity contribution in [3.05, 3.63) is 54.0 Å². The van der Waals surface area contributed by atoms with Gasteiger partial charge < -0.3 is 15.2 Å². The van der Waals surface area contributed by atoms with Gasteiger partial charge in [0.2, 0.25) is 5.91 Å². The first kappa shape index (κ1) is 22.7. The van der Waals surface area contributed by atoms with E-state index >= 15 is 0 Å². The standard InChI is InChI=1S/C23H28FN3O4/c1-23(2,3)31-22(30)27-13-5-7-19(27)21(29)26-18(14-28)15-8-10-16(11-9-15)20-17(24)6-4-12-25-20/h4,6,8-12,18-19,28H,5,7,13-14H2,1-3H3,(H,26,29)/t18-,19-/m0/s1. The highest BCUT2D eigenvalue weighted by Gasteiger charge is 2.37. The number of aliphatic hydroxyl groups excluding tert-OH is 1. The van der Waals surface area contributed by atoms with E-state index in [0.29, 0.717) is 30.5 Å². The van der Waals surface area contributed by atoms with Crippen LogP contribution in [0.1, 0.15) is 45.2 Å². The fourth-order valence-electron chi connectivity index (χ4n) is 3.55. The molecule has 0 bridgehead atoms. The monoisotopic (exact) mass is 429 g/mol. The Morgan fingerprint density at radius 1 is 1.29 bits per heavy atom. The number of ether oxygens (including phenoxy) is 1. The van der Waals surface area contributed by atoms with Crippen molar-refractivity contribution < 1.29 is 23.8 Å². The number of nitrogens with one attached hydrogen (secondary N) is 1. The molecule has 0 radical (unpaired) electrons. The molecule has 7 nitrogen and oxygen atoms in total. The number of hydrogen-bond donors (Lipinski definition) is 2. The van der Waals surface area contributed by atoms with Crippen molar-refractivity contribution in [3.63, 3.8) is 0 Å². The number of carbonyl (C=O) groups excluding carboxylic acids is 2. The lowest BCUT2D eigenvalue weighted by molar-refractivity contribution is -0.126. The zero-order chi connectivity index (χ0) is 22.6. The van der Waals surface area contributed by atoms with E-state index in [1.165, 1.54) is 23.2 Å². The third-order valence-corrected chi connectivity index (χ3v) is 5.03. The number of amides is 2. The number of aromatic nitrogens is 1. The number of halogens is 1. The van der Waals surface area contributed by atoms with Crippen LogP contribution in [0.3, 0.4) is 0 Å². The topological polar surface area (TPSA) is 91.8 Å². The molecule has 8 heteroatoms. The lowest BCUT2D eigenvalue weighted by Crippen LogP contribution is -2.48. The summed E-state index contributed by atoms with van der Waals surface area (Å²) in [5.74, 6) is -0.770. The minimum Gasteiger partial charge on any atom is -0.444 e. The summed E-state index contributed by atoms with van der Waals surface area (Å²) in [7, 11) is 0. The number of benzene rings is 1. The van der Waals surface area contributed by atoms with E-state index in [1.54, 1.807) is 45.0 Å². The van der Waals surface area contributed by atoms with Gasteiger partial charge in [0.1, 0.15) is 23.2 Å². The van der Waals surface area contributed by atoms with Crippen LogP contribution in [0.5, 0.6) is 0 Å². The molecule has 2 atom stereocenters. The molecule has 1 saturated heterocycles. The number of likely N-dealkylation sites (tertiary alicyclic amines) is 1. The summed E-state index contributed by atoms with van der Waals surface area (Å²) in [6.07, 6.45) is 2.22. The van der Waals surface area contributed by atoms with Crippen molar-refractivity contribution in [2.75, 3.05) is 13.2 Å². The second-order valence-corrected chi connectivity index (χ2v) is 8.53. The number of nitrogens with zero attached hydrogens (tertiary/aromatic N) is 2. The highest BCUT2D eigenvalue weighted by atomic mass is 19.1. The minimum atomic E-state index is -0.656. The maximum Gasteiger partial charge on any atom is 0.410 e. The average molecular weight is 429 g/mol. The van der Waals surface area contributed by atoms with Gasteiger partial charge in [-0.3, -0.25) is 14.7 Å². The summed E-state index contributed by atoms with van der Waals surface area (Å²) in [5, 5.41) is 12.7. The van der Waals surface area contributed by atoms with E-state index in [2.05, 4.69) is 10.3 Å². The van der Waals surface area contributed by atoms with Crippen LogP contribution < -0.4 is 5.32 Å². The van der Waals surface area contributed by atoms with E-state index in [9.17, 15) is 19.1 Å². The summed E-state index contributed by atoms with van der Waals surface area (Å²) >= 11 is 0. The molecular weight excluding hydrogens is 401 g/mol. The SMILES string of the molecule is CC(C)(C)OC(=O)N1CCC[C@H]1C(=O)N[C@@H](CO)c1ccc(-c2ncccc2F)cc1. The van der Waals surface area contributed by atoms with Crippen molar-refractivity contribution in [3.8, 4) is 11.3 Å². The predicted molar refractivity (Wildman–Crippen MR) is 114 cm³/mol. The van der Waals surface area contributed by atoms with Crippen molar-refractivity contribution in [1.29, 1.82) is 0 Å². The molecule has 2 amide bonds. The number of pyridine rings is 1. The van der Waals surface area contributed by atoms with Crippen LogP contribution in [0.2, 0.25) is 0 Å². The van der Waals surface area contributed by atoms with Crippen molar-refractivity contribution in [2.45, 2.75) is 51.3 Å². The summed E-state index contributed by atoms with van der Waals surface area (Å²) in [6, 6.07) is 8.37. The van der Waals surface area contributed by atoms with Gasteiger partial charge in [-0.15, -0.1) is 0 Å². The summed E-state index contributed by atoms with van der Waals surface area (Å²) in [4.78, 5) is 30.8. The Morgan fingerprint density at radius 2 is 2.00 bits per heavy atom. The molecule has 0 saturated carbocycles. The Labute approximate surface area is 181 Å². The molecule has 1 aliphatic heterocycles. The van der Waals surface area contributed by atoms with Gasteiger partial charge in [-0.1, -0.05) is 24.3 Å². The van der Waals surface area contributed by atoms with Crippen LogP contribution in [-0.2, 0) is 9.53 Å². The zero-order valence-electron chi connectivity index (χ0n) is 18.0. The van der Waals surface area contributed by atoms with Gasteiger partial charge in [-0.25, -0.2) is 9.18 Å². The number of hydrogen-bond acceptors (Lipinski definition) is 5. The molecule has 1 fully saturated rings. The molecule has 0 aliphatic carbocycles. The van der Waals surface area contributed by atoms with E-state index < -0.39 is 29.6 Å². The molecule has 2 heterocycles. The highest BCUT2D eigenvalue weighted by Crippen LogP contribution is 2.24. The third-order valence-electron chi connectivity index (χ3n) is 5.03. The van der Waals surface area contributed by atoms with Gasteiger partial charge in [0.15, 0.2) is 0 Å². The largest absolute Gasteiger partial charge is 0.444 e. The normalized spacial score (nSPS) is 17.3. The number of aliphatic hydroxyl groups is 1. The molecule has 2 N–H and O–H groups in total. The molecular formula is C23H28FN3O4. The van der Waals surface area contributed by atoms with E-state index in [-0.39, 0.29) is 18.2 Å². The molecule has 1 aromatic heterocycles. The molecule has 0 spiro atoms. The second-order valence-electron chi connectivity index (χ2n) is 8.53. The first-order valence-corrected chi connectivity index (χ1v) is 10.3. The molecule has 0 unspecified atom stereocenters. The van der Waals surface area contributed by atoms with E-state index in [0.717, 1.165) is 0 Å². The minimum absolute atomic E-state index is 0.234. The van der Waals surface area contributed by atoms with Crippen LogP contribution in [0, 0.1) is 5.82 Å². The quantitative estimate of drug-likeness (QED) is 0.760. The van der Waals surface area contributed by atoms with Crippen LogP contribution in [0.4, 0.5) is 9.18 Å². The first-order valence-electron chi connectivity index (χ1n) is 10.3. The van der Waals surface area contributed by atoms with Crippen LogP contribution in [0.15, 0.2) is 42.6 Å². The van der Waals surface area contributed by atoms with Gasteiger partial charge in [0.25, 0.3) is 0 Å². The van der Waals surface area contributed by atoms with E-state index in [4.69, 9.17) is 4.74 Å². The van der Waals surface area contributed by atoms with Crippen LogP contribution in [-0.4, -0.2) is 51.8 Å². The van der Waals surface area contributed by atoms with Gasteiger partial charge in [-0.05, 0) is 51.3 Å². The molecule has 1 aromatic carbocycles. The van der Waals surface area contributed by atoms with Crippen LogP contribution in [0.25, 0.3) is 11.3 Å². The smallest absolute Gasteiger partial charge is 0.410 e. The number of rotatable bonds is 5. The van der Waals surface area contributed by atoms with Gasteiger partial charge in [0, 0.05) is 18.3 Å². The highest BCUT2D eigenvalue weighted by molar-refractivity contribution is 5.86. The third kappa shape index (κ3) is 5.58. The zero-order valence-corrected chi connectivity index (χ0v) is 18.0. The Balaban J connectivity index is 1.69. The predicted octanol–water partition coefficient (Wildman–Crippen LogP) is 3.44. The fraction of sp³-hybridized carbons (Fsp3) is 0.435. The summed E-state index contributed by atoms with van der Waals surface area (Å²) < 4.78 is 19.4. The van der Waals surface area contributed by atoms with Crippen molar-refractivity contribution in [1.82, 2.24) is 15.2 Å². The number of carbonyl (C=O) groups is 2. The maximum atomic E-state index is 13.9. The summed E-state index contributed by atoms with van der Waals surface area (Å²) in [6.45, 7) is 5.46. The van der Waals surface area contributed by atoms with Crippen molar-refractivity contribution in [2.24, 2.45) is 0 Å². The Bertz CT molecular complexity index is 927. The van der Waals surface area contributed by atoms with Crippen molar-refractivity contribution >= 4 is 12.0 Å². The molecule has 2 aromatic rings. The van der Waals surface area contributed by atoms with Crippen LogP contribution >= 0.6 is 0 Å². The second kappa shape index (κ2) is 9.43. The fourth-order valence-corrected chi connectivity index (χ4v) is 3.55. The van der Waals surface area contributed by atoms with E-state index in [1.807, 2.05) is 0 Å². The molecule has 3 rings (SSSR count). The Morgan fingerprint density at radius 3 is 2.61 bits per heavy atom. The lowest BCUT2D eigenvalue weighted by Gasteiger charge is -2.29. The summed E-state index contributed by atoms with van der Waals surface area (Å²) in [5.41, 5.74) is 0.843. The Kier molecular flexibility index (Phi) is 6.90. The average Bonchev–Trinajstić information content (AvgIpc) is 3.22. The Hall–Kier alpha value is -3.00.